The third kappa shape index (κ3) is 3.49. The Kier molecular flexibility index (Phi) is 4.68. The van der Waals surface area contributed by atoms with Crippen LogP contribution in [0.2, 0.25) is 0 Å². The lowest BCUT2D eigenvalue weighted by Gasteiger charge is -2.07. The summed E-state index contributed by atoms with van der Waals surface area (Å²) in [6.07, 6.45) is 1.69. The van der Waals surface area contributed by atoms with Gasteiger partial charge in [-0.15, -0.1) is 0 Å². The number of hydrogen-bond donors (Lipinski definition) is 1. The zero-order valence-corrected chi connectivity index (χ0v) is 15.3. The second-order valence-electron chi connectivity index (χ2n) is 5.05. The topological polar surface area (TPSA) is 85.4 Å². The largest absolute Gasteiger partial charge is 0.464 e. The highest BCUT2D eigenvalue weighted by Gasteiger charge is 2.14. The van der Waals surface area contributed by atoms with Crippen molar-refractivity contribution >= 4 is 60.1 Å². The number of halogens is 2. The lowest BCUT2D eigenvalue weighted by Crippen LogP contribution is -2.14. The molecular weight excluding hydrogens is 444 g/mol. The maximum absolute atomic E-state index is 12.3. The lowest BCUT2D eigenvalue weighted by atomic mass is 10.1. The molecular formula is C16H10Br2N2O4. The summed E-state index contributed by atoms with van der Waals surface area (Å²) < 4.78 is 6.78. The second-order valence-corrected chi connectivity index (χ2v) is 6.82. The molecule has 8 heteroatoms. The van der Waals surface area contributed by atoms with Crippen LogP contribution < -0.4 is 5.32 Å². The molecule has 1 heterocycles. The molecule has 1 aromatic heterocycles. The Bertz CT molecular complexity index is 952. The lowest BCUT2D eigenvalue weighted by molar-refractivity contribution is -0.384. The summed E-state index contributed by atoms with van der Waals surface area (Å²) in [6.45, 7) is 0. The van der Waals surface area contributed by atoms with E-state index in [1.165, 1.54) is 18.2 Å². The minimum Gasteiger partial charge on any atom is -0.464 e. The van der Waals surface area contributed by atoms with Gasteiger partial charge in [0.15, 0.2) is 0 Å². The molecule has 6 nitrogen and oxygen atoms in total. The number of nitrogens with zero attached hydrogens (tertiary/aromatic N) is 1. The first-order valence-electron chi connectivity index (χ1n) is 6.83. The fourth-order valence-electron chi connectivity index (χ4n) is 2.28. The molecule has 122 valence electrons. The van der Waals surface area contributed by atoms with Crippen LogP contribution in [0, 0.1) is 10.1 Å². The van der Waals surface area contributed by atoms with Gasteiger partial charge in [0.1, 0.15) is 5.58 Å². The fourth-order valence-corrected chi connectivity index (χ4v) is 3.10. The number of benzene rings is 2. The van der Waals surface area contributed by atoms with Crippen molar-refractivity contribution in [3.63, 3.8) is 0 Å². The number of hydrogen-bond acceptors (Lipinski definition) is 4. The van der Waals surface area contributed by atoms with Crippen LogP contribution in [0.5, 0.6) is 0 Å². The van der Waals surface area contributed by atoms with E-state index in [2.05, 4.69) is 37.2 Å². The zero-order chi connectivity index (χ0) is 17.3. The molecule has 1 N–H and O–H groups in total. The summed E-state index contributed by atoms with van der Waals surface area (Å²) in [5.41, 5.74) is 1.89. The third-order valence-corrected chi connectivity index (χ3v) is 4.55. The molecule has 0 spiro atoms. The Morgan fingerprint density at radius 2 is 2.00 bits per heavy atom. The van der Waals surface area contributed by atoms with E-state index in [0.717, 1.165) is 15.4 Å². The van der Waals surface area contributed by atoms with Crippen molar-refractivity contribution in [2.24, 2.45) is 0 Å². The van der Waals surface area contributed by atoms with Crippen molar-refractivity contribution < 1.29 is 14.1 Å². The van der Waals surface area contributed by atoms with E-state index in [0.29, 0.717) is 15.7 Å². The van der Waals surface area contributed by atoms with Gasteiger partial charge in [-0.2, -0.15) is 0 Å². The number of non-ortho nitro benzene ring substituents is 1. The van der Waals surface area contributed by atoms with Crippen LogP contribution in [0.1, 0.15) is 5.56 Å². The summed E-state index contributed by atoms with van der Waals surface area (Å²) >= 11 is 6.62. The van der Waals surface area contributed by atoms with Crippen LogP contribution in [0.3, 0.4) is 0 Å². The molecule has 0 bridgehead atoms. The molecule has 0 fully saturated rings. The number of nitro benzene ring substituents is 1. The van der Waals surface area contributed by atoms with Crippen molar-refractivity contribution in [3.05, 3.63) is 67.3 Å². The number of anilines is 1. The number of fused-ring (bicyclic) bond motifs is 1. The molecule has 1 amide bonds. The number of nitro groups is 1. The standard InChI is InChI=1S/C16H10Br2N2O4/c17-10-1-4-15-12(6-10)9(8-24-15)5-16(21)19-14-3-2-11(20(22)23)7-13(14)18/h1-4,6-8H,5H2,(H,19,21). The number of furan rings is 1. The molecule has 2 aromatic carbocycles. The average molecular weight is 454 g/mol. The van der Waals surface area contributed by atoms with Gasteiger partial charge in [0.05, 0.1) is 23.3 Å². The number of carbonyl (C=O) groups is 1. The van der Waals surface area contributed by atoms with Crippen molar-refractivity contribution in [3.8, 4) is 0 Å². The Balaban J connectivity index is 1.78. The monoisotopic (exact) mass is 452 g/mol. The van der Waals surface area contributed by atoms with Gasteiger partial charge in [-0.05, 0) is 40.2 Å². The van der Waals surface area contributed by atoms with E-state index in [1.54, 1.807) is 6.26 Å². The van der Waals surface area contributed by atoms with Crippen LogP contribution in [-0.4, -0.2) is 10.8 Å². The van der Waals surface area contributed by atoms with Gasteiger partial charge in [-0.1, -0.05) is 15.9 Å². The number of nitrogens with one attached hydrogen (secondary N) is 1. The first-order valence-corrected chi connectivity index (χ1v) is 8.42. The molecule has 0 saturated heterocycles. The zero-order valence-electron chi connectivity index (χ0n) is 12.1. The average Bonchev–Trinajstić information content (AvgIpc) is 2.91. The predicted octanol–water partition coefficient (Wildman–Crippen LogP) is 5.05. The van der Waals surface area contributed by atoms with Crippen molar-refractivity contribution in [1.82, 2.24) is 0 Å². The number of carbonyl (C=O) groups excluding carboxylic acids is 1. The summed E-state index contributed by atoms with van der Waals surface area (Å²) in [6, 6.07) is 9.76. The Morgan fingerprint density at radius 3 is 2.71 bits per heavy atom. The van der Waals surface area contributed by atoms with Crippen LogP contribution >= 0.6 is 31.9 Å². The molecule has 0 aliphatic heterocycles. The molecule has 24 heavy (non-hydrogen) atoms. The van der Waals surface area contributed by atoms with Gasteiger partial charge in [0.2, 0.25) is 5.91 Å². The van der Waals surface area contributed by atoms with E-state index < -0.39 is 4.92 Å². The van der Waals surface area contributed by atoms with Gasteiger partial charge in [-0.3, -0.25) is 14.9 Å². The van der Waals surface area contributed by atoms with E-state index >= 15 is 0 Å². The molecule has 0 unspecified atom stereocenters. The second kappa shape index (κ2) is 6.74. The molecule has 0 aliphatic rings. The predicted molar refractivity (Wildman–Crippen MR) is 97.0 cm³/mol. The van der Waals surface area contributed by atoms with Crippen LogP contribution in [0.4, 0.5) is 11.4 Å². The van der Waals surface area contributed by atoms with Gasteiger partial charge in [0, 0.05) is 32.0 Å². The Morgan fingerprint density at radius 1 is 1.21 bits per heavy atom. The molecule has 0 aliphatic carbocycles. The fraction of sp³-hybridized carbons (Fsp3) is 0.0625. The Labute approximate surface area is 153 Å². The molecule has 3 aromatic rings. The van der Waals surface area contributed by atoms with Crippen LogP contribution in [-0.2, 0) is 11.2 Å². The van der Waals surface area contributed by atoms with Gasteiger partial charge >= 0.3 is 0 Å². The number of rotatable bonds is 4. The maximum atomic E-state index is 12.3. The minimum atomic E-state index is -0.494. The van der Waals surface area contributed by atoms with Crippen LogP contribution in [0.25, 0.3) is 11.0 Å². The third-order valence-electron chi connectivity index (χ3n) is 3.40. The van der Waals surface area contributed by atoms with Crippen molar-refractivity contribution in [2.45, 2.75) is 6.42 Å². The highest BCUT2D eigenvalue weighted by molar-refractivity contribution is 9.10. The van der Waals surface area contributed by atoms with E-state index in [9.17, 15) is 14.9 Å². The summed E-state index contributed by atoms with van der Waals surface area (Å²) in [4.78, 5) is 22.5. The molecule has 0 radical (unpaired) electrons. The van der Waals surface area contributed by atoms with Gasteiger partial charge in [0.25, 0.3) is 5.69 Å². The maximum Gasteiger partial charge on any atom is 0.270 e. The summed E-state index contributed by atoms with van der Waals surface area (Å²) in [5, 5.41) is 14.3. The van der Waals surface area contributed by atoms with E-state index in [-0.39, 0.29) is 18.0 Å². The smallest absolute Gasteiger partial charge is 0.270 e. The number of amides is 1. The van der Waals surface area contributed by atoms with Gasteiger partial charge in [-0.25, -0.2) is 0 Å². The summed E-state index contributed by atoms with van der Waals surface area (Å²) in [7, 11) is 0. The highest BCUT2D eigenvalue weighted by Crippen LogP contribution is 2.28. The molecule has 3 rings (SSSR count). The minimum absolute atomic E-state index is 0.0504. The highest BCUT2D eigenvalue weighted by atomic mass is 79.9. The van der Waals surface area contributed by atoms with Gasteiger partial charge < -0.3 is 9.73 Å². The SMILES string of the molecule is O=C(Cc1coc2ccc(Br)cc12)Nc1ccc([N+](=O)[O-])cc1Br. The van der Waals surface area contributed by atoms with Crippen LogP contribution in [0.15, 0.2) is 56.0 Å². The molecule has 0 atom stereocenters. The first-order chi connectivity index (χ1) is 11.4. The Hall–Kier alpha value is -2.19. The quantitative estimate of drug-likeness (QED) is 0.442. The van der Waals surface area contributed by atoms with E-state index in [1.807, 2.05) is 18.2 Å². The van der Waals surface area contributed by atoms with E-state index in [4.69, 9.17) is 4.42 Å². The van der Waals surface area contributed by atoms with Crippen molar-refractivity contribution in [2.75, 3.05) is 5.32 Å². The van der Waals surface area contributed by atoms with Crippen molar-refractivity contribution in [1.29, 1.82) is 0 Å². The summed E-state index contributed by atoms with van der Waals surface area (Å²) in [5.74, 6) is -0.243. The molecule has 0 saturated carbocycles. The normalized spacial score (nSPS) is 10.8. The first kappa shape index (κ1) is 16.7.